The van der Waals surface area contributed by atoms with Gasteiger partial charge < -0.3 is 33.5 Å². The maximum absolute atomic E-state index is 12.4. The lowest BCUT2D eigenvalue weighted by molar-refractivity contribution is -0.346. The first kappa shape index (κ1) is 30.6. The molecule has 0 spiro atoms. The molecule has 0 aromatic heterocycles. The lowest BCUT2D eigenvalue weighted by atomic mass is 9.92. The molecular weight excluding hydrogens is 484 g/mol. The highest BCUT2D eigenvalue weighted by atomic mass is 16.8. The Morgan fingerprint density at radius 3 is 1.78 bits per heavy atom. The van der Waals surface area contributed by atoms with Crippen LogP contribution in [0.25, 0.3) is 0 Å². The topological polar surface area (TPSA) is 178 Å². The minimum atomic E-state index is -2.18. The third-order valence-electron chi connectivity index (χ3n) is 4.91. The van der Waals surface area contributed by atoms with Gasteiger partial charge in [0.25, 0.3) is 5.79 Å². The maximum atomic E-state index is 12.4. The molecule has 0 unspecified atom stereocenters. The average molecular weight is 516 g/mol. The predicted molar refractivity (Wildman–Crippen MR) is 118 cm³/mol. The van der Waals surface area contributed by atoms with Crippen LogP contribution in [-0.2, 0) is 57.2 Å². The number of hydrogen-bond donors (Lipinski definition) is 1. The van der Waals surface area contributed by atoms with Crippen molar-refractivity contribution in [3.63, 3.8) is 0 Å². The van der Waals surface area contributed by atoms with Crippen LogP contribution in [0.3, 0.4) is 0 Å². The van der Waals surface area contributed by atoms with Gasteiger partial charge in [-0.1, -0.05) is 27.7 Å². The predicted octanol–water partition coefficient (Wildman–Crippen LogP) is 1.20. The summed E-state index contributed by atoms with van der Waals surface area (Å²) in [6.07, 6.45) is -5.10. The third kappa shape index (κ3) is 8.95. The lowest BCUT2D eigenvalue weighted by Gasteiger charge is -2.48. The summed E-state index contributed by atoms with van der Waals surface area (Å²) in [4.78, 5) is 71.7. The maximum Gasteiger partial charge on any atom is 0.333 e. The number of carboxylic acid groups (broad SMARTS) is 1. The number of carbonyl (C=O) groups excluding carboxylic acids is 5. The van der Waals surface area contributed by atoms with Crippen molar-refractivity contribution in [3.8, 4) is 0 Å². The summed E-state index contributed by atoms with van der Waals surface area (Å²) in [7, 11) is 0. The molecule has 1 rings (SSSR count). The van der Waals surface area contributed by atoms with E-state index in [2.05, 4.69) is 0 Å². The summed E-state index contributed by atoms with van der Waals surface area (Å²) in [6.45, 7) is 6.73. The number of rotatable bonds is 12. The molecule has 1 aliphatic rings. The molecule has 36 heavy (non-hydrogen) atoms. The lowest BCUT2D eigenvalue weighted by Crippen LogP contribution is -2.68. The zero-order valence-electron chi connectivity index (χ0n) is 20.8. The first-order valence-corrected chi connectivity index (χ1v) is 11.5. The second kappa shape index (κ2) is 14.2. The summed E-state index contributed by atoms with van der Waals surface area (Å²) in [5, 5.41) is 8.78. The fraction of sp³-hybridized carbons (Fsp3) is 0.652. The van der Waals surface area contributed by atoms with Crippen LogP contribution < -0.4 is 0 Å². The van der Waals surface area contributed by atoms with Crippen molar-refractivity contribution in [3.05, 3.63) is 12.2 Å². The molecule has 0 aromatic carbocycles. The highest BCUT2D eigenvalue weighted by Gasteiger charge is 2.60. The minimum Gasteiger partial charge on any atom is -0.478 e. The van der Waals surface area contributed by atoms with Crippen LogP contribution in [0.15, 0.2) is 12.2 Å². The Hall–Kier alpha value is -3.48. The van der Waals surface area contributed by atoms with Gasteiger partial charge in [0, 0.05) is 44.8 Å². The zero-order chi connectivity index (χ0) is 27.5. The molecule has 0 bridgehead atoms. The molecule has 202 valence electrons. The molecule has 1 fully saturated rings. The normalized spacial score (nSPS) is 25.5. The van der Waals surface area contributed by atoms with Gasteiger partial charge in [-0.15, -0.1) is 0 Å². The van der Waals surface area contributed by atoms with E-state index in [1.165, 1.54) is 27.7 Å². The van der Waals surface area contributed by atoms with Crippen molar-refractivity contribution < 1.29 is 62.3 Å². The Kier molecular flexibility index (Phi) is 12.0. The Labute approximate surface area is 208 Å². The van der Waals surface area contributed by atoms with Crippen LogP contribution in [-0.4, -0.2) is 77.7 Å². The quantitative estimate of drug-likeness (QED) is 0.222. The summed E-state index contributed by atoms with van der Waals surface area (Å²) in [5.74, 6) is -7.70. The number of ether oxygens (including phenoxy) is 6. The molecule has 5 atom stereocenters. The molecule has 1 N–H and O–H groups in total. The van der Waals surface area contributed by atoms with E-state index >= 15 is 0 Å². The molecule has 13 heteroatoms. The zero-order valence-corrected chi connectivity index (χ0v) is 20.8. The van der Waals surface area contributed by atoms with Crippen LogP contribution in [0.1, 0.15) is 60.3 Å². The van der Waals surface area contributed by atoms with Crippen LogP contribution >= 0.6 is 0 Å². The van der Waals surface area contributed by atoms with Crippen LogP contribution in [0, 0.1) is 0 Å². The van der Waals surface area contributed by atoms with Gasteiger partial charge in [-0.25, -0.2) is 9.59 Å². The van der Waals surface area contributed by atoms with Gasteiger partial charge in [-0.05, 0) is 0 Å². The fourth-order valence-electron chi connectivity index (χ4n) is 3.12. The van der Waals surface area contributed by atoms with Gasteiger partial charge >= 0.3 is 35.8 Å². The standard InChI is InChI=1S/C23H32O13/c1-6-15(26)31-12-13-20(32-16(27)7-2)21(33-17(28)8-3)22(34-18(29)9-4)23(5,35-13)36-19(30)11-10-14(24)25/h10-11,13,20-22H,6-9,12H2,1-5H3,(H,24,25)/b11-10+/t13-,20+,21+,22-,23+/m1/s1. The Bertz CT molecular complexity index is 864. The van der Waals surface area contributed by atoms with E-state index in [1.54, 1.807) is 6.92 Å². The van der Waals surface area contributed by atoms with Gasteiger partial charge in [-0.2, -0.15) is 0 Å². The van der Waals surface area contributed by atoms with Crippen molar-refractivity contribution >= 4 is 35.8 Å². The van der Waals surface area contributed by atoms with E-state index in [1.807, 2.05) is 0 Å². The molecule has 1 heterocycles. The fourth-order valence-corrected chi connectivity index (χ4v) is 3.12. The molecule has 0 aromatic rings. The Morgan fingerprint density at radius 1 is 0.778 bits per heavy atom. The van der Waals surface area contributed by atoms with Crippen molar-refractivity contribution in [1.29, 1.82) is 0 Å². The van der Waals surface area contributed by atoms with E-state index < -0.39 is 72.6 Å². The molecule has 13 nitrogen and oxygen atoms in total. The molecule has 0 aliphatic carbocycles. The van der Waals surface area contributed by atoms with Gasteiger partial charge in [0.2, 0.25) is 6.10 Å². The van der Waals surface area contributed by atoms with Crippen molar-refractivity contribution in [2.75, 3.05) is 6.61 Å². The Morgan fingerprint density at radius 2 is 1.28 bits per heavy atom. The second-order valence-corrected chi connectivity index (χ2v) is 7.68. The highest BCUT2D eigenvalue weighted by molar-refractivity contribution is 5.90. The van der Waals surface area contributed by atoms with E-state index in [0.29, 0.717) is 12.2 Å². The van der Waals surface area contributed by atoms with E-state index in [4.69, 9.17) is 33.5 Å². The third-order valence-corrected chi connectivity index (χ3v) is 4.91. The smallest absolute Gasteiger partial charge is 0.333 e. The molecular formula is C23H32O13. The largest absolute Gasteiger partial charge is 0.478 e. The van der Waals surface area contributed by atoms with E-state index in [0.717, 1.165) is 0 Å². The van der Waals surface area contributed by atoms with Crippen LogP contribution in [0.4, 0.5) is 0 Å². The summed E-state index contributed by atoms with van der Waals surface area (Å²) < 4.78 is 32.7. The molecule has 0 amide bonds. The number of carbonyl (C=O) groups is 6. The average Bonchev–Trinajstić information content (AvgIpc) is 2.84. The van der Waals surface area contributed by atoms with Gasteiger partial charge in [0.05, 0.1) is 0 Å². The number of carboxylic acids is 1. The van der Waals surface area contributed by atoms with Crippen LogP contribution in [0.5, 0.6) is 0 Å². The van der Waals surface area contributed by atoms with Crippen LogP contribution in [0.2, 0.25) is 0 Å². The molecule has 0 radical (unpaired) electrons. The first-order chi connectivity index (χ1) is 16.9. The minimum absolute atomic E-state index is 0.0172. The number of hydrogen-bond acceptors (Lipinski definition) is 12. The summed E-state index contributed by atoms with van der Waals surface area (Å²) in [5.41, 5.74) is 0. The SMILES string of the molecule is CCC(=O)OC[C@H]1O[C@@](C)(OC(=O)/C=C/C(=O)O)[C@H](OC(=O)CC)[C@@H](OC(=O)CC)[C@H]1OC(=O)CC. The van der Waals surface area contributed by atoms with E-state index in [9.17, 15) is 28.8 Å². The van der Waals surface area contributed by atoms with Crippen molar-refractivity contribution in [1.82, 2.24) is 0 Å². The molecule has 1 aliphatic heterocycles. The van der Waals surface area contributed by atoms with E-state index in [-0.39, 0.29) is 25.7 Å². The van der Waals surface area contributed by atoms with Gasteiger partial charge in [0.15, 0.2) is 12.2 Å². The molecule has 1 saturated heterocycles. The summed E-state index contributed by atoms with van der Waals surface area (Å²) in [6, 6.07) is 0. The molecule has 0 saturated carbocycles. The van der Waals surface area contributed by atoms with Crippen molar-refractivity contribution in [2.24, 2.45) is 0 Å². The monoisotopic (exact) mass is 516 g/mol. The first-order valence-electron chi connectivity index (χ1n) is 11.5. The highest BCUT2D eigenvalue weighted by Crippen LogP contribution is 2.37. The summed E-state index contributed by atoms with van der Waals surface area (Å²) >= 11 is 0. The van der Waals surface area contributed by atoms with Crippen molar-refractivity contribution in [2.45, 2.75) is 90.5 Å². The number of aliphatic carboxylic acids is 1. The Balaban J connectivity index is 3.59. The second-order valence-electron chi connectivity index (χ2n) is 7.68. The van der Waals surface area contributed by atoms with Gasteiger partial charge in [0.1, 0.15) is 12.7 Å². The number of esters is 5. The van der Waals surface area contributed by atoms with Gasteiger partial charge in [-0.3, -0.25) is 19.2 Å².